The number of rotatable bonds is 5. The van der Waals surface area contributed by atoms with Gasteiger partial charge in [-0.2, -0.15) is 5.10 Å². The number of nitrogens with one attached hydrogen (secondary N) is 1. The molecule has 1 fully saturated rings. The average molecular weight is 373 g/mol. The van der Waals surface area contributed by atoms with Crippen molar-refractivity contribution in [3.63, 3.8) is 0 Å². The van der Waals surface area contributed by atoms with Crippen molar-refractivity contribution < 1.29 is 9.13 Å². The minimum absolute atomic E-state index is 0.0720. The molecule has 0 amide bonds. The summed E-state index contributed by atoms with van der Waals surface area (Å²) in [5.74, 6) is 0.647. The van der Waals surface area contributed by atoms with Crippen LogP contribution in [0.5, 0.6) is 0 Å². The summed E-state index contributed by atoms with van der Waals surface area (Å²) in [5, 5.41) is 7.65. The van der Waals surface area contributed by atoms with Crippen LogP contribution in [-0.2, 0) is 18.2 Å². The molecule has 2 aromatic rings. The molecule has 1 aromatic carbocycles. The fourth-order valence-corrected chi connectivity index (χ4v) is 3.41. The Morgan fingerprint density at radius 3 is 2.78 bits per heavy atom. The number of benzene rings is 1. The van der Waals surface area contributed by atoms with Gasteiger partial charge >= 0.3 is 0 Å². The predicted molar refractivity (Wildman–Crippen MR) is 104 cm³/mol. The van der Waals surface area contributed by atoms with E-state index in [1.807, 2.05) is 24.1 Å². The lowest BCUT2D eigenvalue weighted by molar-refractivity contribution is -0.0605. The van der Waals surface area contributed by atoms with Gasteiger partial charge in [0, 0.05) is 33.4 Å². The molecule has 1 aliphatic rings. The number of hydrogen-bond donors (Lipinski definition) is 1. The molecule has 0 saturated carbocycles. The minimum Gasteiger partial charge on any atom is -0.367 e. The number of morpholine rings is 1. The second kappa shape index (κ2) is 8.99. The van der Waals surface area contributed by atoms with Gasteiger partial charge < -0.3 is 15.0 Å². The van der Waals surface area contributed by atoms with Crippen molar-refractivity contribution in [3.8, 4) is 0 Å². The van der Waals surface area contributed by atoms with Gasteiger partial charge in [-0.3, -0.25) is 9.67 Å². The lowest BCUT2D eigenvalue weighted by Crippen LogP contribution is -2.50. The van der Waals surface area contributed by atoms with E-state index in [2.05, 4.69) is 27.2 Å². The van der Waals surface area contributed by atoms with Gasteiger partial charge in [-0.25, -0.2) is 4.39 Å². The summed E-state index contributed by atoms with van der Waals surface area (Å²) < 4.78 is 21.1. The average Bonchev–Trinajstić information content (AvgIpc) is 3.07. The highest BCUT2D eigenvalue weighted by Gasteiger charge is 2.28. The van der Waals surface area contributed by atoms with E-state index in [0.29, 0.717) is 6.54 Å². The second-order valence-electron chi connectivity index (χ2n) is 6.99. The maximum absolute atomic E-state index is 13.2. The van der Waals surface area contributed by atoms with Crippen LogP contribution < -0.4 is 5.32 Å². The summed E-state index contributed by atoms with van der Waals surface area (Å²) in [7, 11) is 3.73. The quantitative estimate of drug-likeness (QED) is 0.497. The van der Waals surface area contributed by atoms with Gasteiger partial charge in [-0.05, 0) is 43.0 Å². The molecule has 2 heterocycles. The number of aromatic nitrogens is 2. The lowest BCUT2D eigenvalue weighted by atomic mass is 10.1. The van der Waals surface area contributed by atoms with Gasteiger partial charge in [0.25, 0.3) is 0 Å². The van der Waals surface area contributed by atoms with E-state index in [0.717, 1.165) is 37.5 Å². The lowest BCUT2D eigenvalue weighted by Gasteiger charge is -2.38. The van der Waals surface area contributed by atoms with E-state index in [1.54, 1.807) is 19.2 Å². The number of aryl methyl sites for hydroxylation is 2. The molecular formula is C20H28FN5O. The molecule has 2 atom stereocenters. The third-order valence-electron chi connectivity index (χ3n) is 4.70. The Labute approximate surface area is 160 Å². The normalized spacial score (nSPS) is 20.7. The third kappa shape index (κ3) is 5.29. The highest BCUT2D eigenvalue weighted by atomic mass is 19.1. The van der Waals surface area contributed by atoms with Crippen molar-refractivity contribution in [1.82, 2.24) is 20.0 Å². The van der Waals surface area contributed by atoms with E-state index in [-0.39, 0.29) is 18.0 Å². The van der Waals surface area contributed by atoms with Gasteiger partial charge in [0.1, 0.15) is 11.9 Å². The molecule has 3 rings (SSSR count). The Balaban J connectivity index is 1.54. The standard InChI is InChI=1S/C20H28FN5O/c1-15-12-26(14-19(27-15)17-6-8-18(21)9-7-17)20(22-2)23-10-4-5-16-11-24-25(3)13-16/h6-9,11,13,15,19H,4-5,10,12,14H2,1-3H3,(H,22,23). The number of guanidine groups is 1. The van der Waals surface area contributed by atoms with Gasteiger partial charge in [0.2, 0.25) is 0 Å². The topological polar surface area (TPSA) is 54.7 Å². The van der Waals surface area contributed by atoms with Crippen molar-refractivity contribution in [2.45, 2.75) is 32.0 Å². The van der Waals surface area contributed by atoms with Crippen LogP contribution in [0.15, 0.2) is 41.7 Å². The maximum Gasteiger partial charge on any atom is 0.193 e. The van der Waals surface area contributed by atoms with Crippen LogP contribution in [-0.4, -0.2) is 53.4 Å². The van der Waals surface area contributed by atoms with Crippen LogP contribution in [0.2, 0.25) is 0 Å². The van der Waals surface area contributed by atoms with Gasteiger partial charge in [0.15, 0.2) is 5.96 Å². The zero-order valence-electron chi connectivity index (χ0n) is 16.2. The summed E-state index contributed by atoms with van der Waals surface area (Å²) in [4.78, 5) is 6.65. The molecule has 0 spiro atoms. The Morgan fingerprint density at radius 2 is 2.11 bits per heavy atom. The van der Waals surface area contributed by atoms with Crippen LogP contribution in [0.1, 0.15) is 30.6 Å². The first kappa shape index (κ1) is 19.4. The molecule has 0 radical (unpaired) electrons. The SMILES string of the molecule is CN=C(NCCCc1cnn(C)c1)N1CC(C)OC(c2ccc(F)cc2)C1. The highest BCUT2D eigenvalue weighted by Crippen LogP contribution is 2.25. The van der Waals surface area contributed by atoms with Crippen LogP contribution >= 0.6 is 0 Å². The summed E-state index contributed by atoms with van der Waals surface area (Å²) in [6.07, 6.45) is 5.92. The first-order chi connectivity index (χ1) is 13.0. The first-order valence-corrected chi connectivity index (χ1v) is 9.39. The monoisotopic (exact) mass is 373 g/mol. The van der Waals surface area contributed by atoms with Crippen molar-refractivity contribution >= 4 is 5.96 Å². The Kier molecular flexibility index (Phi) is 6.45. The largest absolute Gasteiger partial charge is 0.367 e. The number of nitrogens with zero attached hydrogens (tertiary/aromatic N) is 4. The molecule has 146 valence electrons. The van der Waals surface area contributed by atoms with E-state index in [9.17, 15) is 4.39 Å². The fourth-order valence-electron chi connectivity index (χ4n) is 3.41. The molecule has 2 unspecified atom stereocenters. The van der Waals surface area contributed by atoms with Crippen LogP contribution in [0.3, 0.4) is 0 Å². The zero-order chi connectivity index (χ0) is 19.2. The summed E-state index contributed by atoms with van der Waals surface area (Å²) in [5.41, 5.74) is 2.23. The van der Waals surface area contributed by atoms with Crippen molar-refractivity contribution in [3.05, 3.63) is 53.6 Å². The molecule has 1 aliphatic heterocycles. The van der Waals surface area contributed by atoms with Gasteiger partial charge in [-0.1, -0.05) is 12.1 Å². The first-order valence-electron chi connectivity index (χ1n) is 9.39. The van der Waals surface area contributed by atoms with Crippen LogP contribution in [0.4, 0.5) is 4.39 Å². The number of aliphatic imine (C=N–C) groups is 1. The summed E-state index contributed by atoms with van der Waals surface area (Å²) in [6, 6.07) is 6.54. The van der Waals surface area contributed by atoms with Crippen molar-refractivity contribution in [2.24, 2.45) is 12.0 Å². The van der Waals surface area contributed by atoms with Crippen LogP contribution in [0, 0.1) is 5.82 Å². The molecule has 1 aromatic heterocycles. The number of hydrogen-bond acceptors (Lipinski definition) is 3. The molecule has 7 heteroatoms. The van der Waals surface area contributed by atoms with Gasteiger partial charge in [-0.15, -0.1) is 0 Å². The smallest absolute Gasteiger partial charge is 0.193 e. The van der Waals surface area contributed by atoms with Gasteiger partial charge in [0.05, 0.1) is 18.8 Å². The molecule has 27 heavy (non-hydrogen) atoms. The molecule has 1 saturated heterocycles. The van der Waals surface area contributed by atoms with Crippen LogP contribution in [0.25, 0.3) is 0 Å². The molecule has 6 nitrogen and oxygen atoms in total. The van der Waals surface area contributed by atoms with E-state index in [4.69, 9.17) is 4.74 Å². The van der Waals surface area contributed by atoms with E-state index < -0.39 is 0 Å². The Bertz CT molecular complexity index is 758. The molecule has 0 bridgehead atoms. The fraction of sp³-hybridized carbons (Fsp3) is 0.500. The van der Waals surface area contributed by atoms with Crippen molar-refractivity contribution in [1.29, 1.82) is 0 Å². The summed E-state index contributed by atoms with van der Waals surface area (Å²) >= 11 is 0. The minimum atomic E-state index is -0.231. The number of halogens is 1. The maximum atomic E-state index is 13.2. The van der Waals surface area contributed by atoms with E-state index >= 15 is 0 Å². The molecule has 0 aliphatic carbocycles. The summed E-state index contributed by atoms with van der Waals surface area (Å²) in [6.45, 7) is 4.37. The van der Waals surface area contributed by atoms with Crippen molar-refractivity contribution in [2.75, 3.05) is 26.7 Å². The second-order valence-corrected chi connectivity index (χ2v) is 6.99. The Hall–Kier alpha value is -2.41. The van der Waals surface area contributed by atoms with E-state index in [1.165, 1.54) is 17.7 Å². The predicted octanol–water partition coefficient (Wildman–Crippen LogP) is 2.53. The molecular weight excluding hydrogens is 345 g/mol. The number of ether oxygens (including phenoxy) is 1. The highest BCUT2D eigenvalue weighted by molar-refractivity contribution is 5.80. The third-order valence-corrected chi connectivity index (χ3v) is 4.70. The zero-order valence-corrected chi connectivity index (χ0v) is 16.2. The Morgan fingerprint density at radius 1 is 1.33 bits per heavy atom. The molecule has 1 N–H and O–H groups in total.